The van der Waals surface area contributed by atoms with Crippen molar-refractivity contribution in [1.29, 1.82) is 0 Å². The molecule has 0 spiro atoms. The molecule has 1 aromatic carbocycles. The van der Waals surface area contributed by atoms with Gasteiger partial charge in [-0.3, -0.25) is 4.79 Å². The van der Waals surface area contributed by atoms with Crippen molar-refractivity contribution in [3.05, 3.63) is 57.0 Å². The van der Waals surface area contributed by atoms with Crippen LogP contribution in [0.1, 0.15) is 28.2 Å². The Labute approximate surface area is 120 Å². The molecule has 0 aliphatic carbocycles. The molecule has 0 saturated heterocycles. The van der Waals surface area contributed by atoms with Gasteiger partial charge in [0.1, 0.15) is 5.82 Å². The Bertz CT molecular complexity index is 585. The smallest absolute Gasteiger partial charge is 0.257 e. The van der Waals surface area contributed by atoms with Gasteiger partial charge < -0.3 is 4.90 Å². The second-order valence-corrected chi connectivity index (χ2v) is 5.65. The number of nitrogens with zero attached hydrogens (tertiary/aromatic N) is 1. The van der Waals surface area contributed by atoms with E-state index in [1.165, 1.54) is 23.1 Å². The molecular formula is C14H13ClFNOS. The van der Waals surface area contributed by atoms with Crippen molar-refractivity contribution < 1.29 is 9.18 Å². The minimum absolute atomic E-state index is 0.00148. The van der Waals surface area contributed by atoms with Crippen molar-refractivity contribution in [2.24, 2.45) is 0 Å². The highest BCUT2D eigenvalue weighted by Gasteiger charge is 2.22. The molecule has 1 heterocycles. The van der Waals surface area contributed by atoms with Crippen LogP contribution in [0.4, 0.5) is 4.39 Å². The van der Waals surface area contributed by atoms with Crippen LogP contribution in [0.3, 0.4) is 0 Å². The standard InChI is InChI=1S/C14H13ClFNOS/c1-9(13-4-3-7-19-13)17(2)14(18)11-8-10(15)5-6-12(11)16/h3-9H,1-2H3. The Kier molecular flexibility index (Phi) is 4.22. The van der Waals surface area contributed by atoms with E-state index in [1.807, 2.05) is 24.4 Å². The number of halogens is 2. The summed E-state index contributed by atoms with van der Waals surface area (Å²) in [7, 11) is 1.66. The summed E-state index contributed by atoms with van der Waals surface area (Å²) >= 11 is 7.37. The van der Waals surface area contributed by atoms with E-state index in [-0.39, 0.29) is 17.5 Å². The van der Waals surface area contributed by atoms with Crippen LogP contribution in [0, 0.1) is 5.82 Å². The summed E-state index contributed by atoms with van der Waals surface area (Å²) in [5, 5.41) is 2.30. The number of hydrogen-bond donors (Lipinski definition) is 0. The lowest BCUT2D eigenvalue weighted by Gasteiger charge is -2.24. The summed E-state index contributed by atoms with van der Waals surface area (Å²) in [6.07, 6.45) is 0. The minimum Gasteiger partial charge on any atom is -0.334 e. The number of thiophene rings is 1. The molecule has 1 amide bonds. The molecule has 5 heteroatoms. The van der Waals surface area contributed by atoms with Crippen LogP contribution >= 0.6 is 22.9 Å². The van der Waals surface area contributed by atoms with Gasteiger partial charge >= 0.3 is 0 Å². The first-order chi connectivity index (χ1) is 9.00. The molecule has 19 heavy (non-hydrogen) atoms. The Morgan fingerprint density at radius 3 is 2.79 bits per heavy atom. The normalized spacial score (nSPS) is 12.2. The predicted octanol–water partition coefficient (Wildman–Crippen LogP) is 4.37. The Morgan fingerprint density at radius 1 is 1.42 bits per heavy atom. The van der Waals surface area contributed by atoms with E-state index in [4.69, 9.17) is 11.6 Å². The van der Waals surface area contributed by atoms with Gasteiger partial charge in [-0.1, -0.05) is 17.7 Å². The largest absolute Gasteiger partial charge is 0.334 e. The summed E-state index contributed by atoms with van der Waals surface area (Å²) in [5.74, 6) is -0.930. The van der Waals surface area contributed by atoms with E-state index in [1.54, 1.807) is 18.4 Å². The van der Waals surface area contributed by atoms with E-state index in [2.05, 4.69) is 0 Å². The molecule has 1 aromatic heterocycles. The lowest BCUT2D eigenvalue weighted by atomic mass is 10.1. The Morgan fingerprint density at radius 2 is 2.16 bits per heavy atom. The molecule has 0 aliphatic rings. The molecule has 0 bridgehead atoms. The molecule has 0 fully saturated rings. The third kappa shape index (κ3) is 2.96. The van der Waals surface area contributed by atoms with E-state index >= 15 is 0 Å². The number of carbonyl (C=O) groups excluding carboxylic acids is 1. The number of benzene rings is 1. The molecule has 2 rings (SSSR count). The summed E-state index contributed by atoms with van der Waals surface area (Å²) in [6, 6.07) is 7.76. The van der Waals surface area contributed by atoms with Crippen LogP contribution in [0.5, 0.6) is 0 Å². The predicted molar refractivity (Wildman–Crippen MR) is 76.2 cm³/mol. The average Bonchev–Trinajstić information content (AvgIpc) is 2.93. The molecule has 2 aromatic rings. The van der Waals surface area contributed by atoms with Gasteiger partial charge in [0.2, 0.25) is 0 Å². The zero-order chi connectivity index (χ0) is 14.0. The van der Waals surface area contributed by atoms with E-state index in [0.717, 1.165) is 4.88 Å². The SMILES string of the molecule is CC(c1cccs1)N(C)C(=O)c1cc(Cl)ccc1F. The molecular weight excluding hydrogens is 285 g/mol. The zero-order valence-electron chi connectivity index (χ0n) is 10.6. The highest BCUT2D eigenvalue weighted by Crippen LogP contribution is 2.26. The topological polar surface area (TPSA) is 20.3 Å². The van der Waals surface area contributed by atoms with Crippen molar-refractivity contribution in [3.8, 4) is 0 Å². The number of amides is 1. The quantitative estimate of drug-likeness (QED) is 0.823. The van der Waals surface area contributed by atoms with Gasteiger partial charge in [0.05, 0.1) is 11.6 Å². The monoisotopic (exact) mass is 297 g/mol. The number of hydrogen-bond acceptors (Lipinski definition) is 2. The van der Waals surface area contributed by atoms with Crippen LogP contribution in [0.25, 0.3) is 0 Å². The molecule has 0 aliphatic heterocycles. The van der Waals surface area contributed by atoms with Gasteiger partial charge in [-0.2, -0.15) is 0 Å². The molecule has 100 valence electrons. The maximum absolute atomic E-state index is 13.7. The summed E-state index contributed by atoms with van der Waals surface area (Å²) in [6.45, 7) is 1.91. The van der Waals surface area contributed by atoms with Gasteiger partial charge in [-0.25, -0.2) is 4.39 Å². The van der Waals surface area contributed by atoms with Crippen LogP contribution in [0.2, 0.25) is 5.02 Å². The van der Waals surface area contributed by atoms with Crippen LogP contribution in [-0.2, 0) is 0 Å². The maximum atomic E-state index is 13.7. The van der Waals surface area contributed by atoms with Gasteiger partial charge in [0.15, 0.2) is 0 Å². The third-order valence-electron chi connectivity index (χ3n) is 3.02. The third-order valence-corrected chi connectivity index (χ3v) is 4.29. The molecule has 0 radical (unpaired) electrons. The summed E-state index contributed by atoms with van der Waals surface area (Å²) < 4.78 is 13.7. The van der Waals surface area contributed by atoms with E-state index in [9.17, 15) is 9.18 Å². The fourth-order valence-corrected chi connectivity index (χ4v) is 2.75. The van der Waals surface area contributed by atoms with Crippen LogP contribution < -0.4 is 0 Å². The zero-order valence-corrected chi connectivity index (χ0v) is 12.1. The van der Waals surface area contributed by atoms with Crippen molar-refractivity contribution in [2.45, 2.75) is 13.0 Å². The Hall–Kier alpha value is -1.39. The first kappa shape index (κ1) is 14.0. The highest BCUT2D eigenvalue weighted by molar-refractivity contribution is 7.10. The fraction of sp³-hybridized carbons (Fsp3) is 0.214. The van der Waals surface area contributed by atoms with Gasteiger partial charge in [-0.15, -0.1) is 11.3 Å². The molecule has 2 nitrogen and oxygen atoms in total. The lowest BCUT2D eigenvalue weighted by Crippen LogP contribution is -2.29. The summed E-state index contributed by atoms with van der Waals surface area (Å²) in [5.41, 5.74) is -0.00148. The van der Waals surface area contributed by atoms with Crippen molar-refractivity contribution >= 4 is 28.8 Å². The van der Waals surface area contributed by atoms with Crippen molar-refractivity contribution in [3.63, 3.8) is 0 Å². The maximum Gasteiger partial charge on any atom is 0.257 e. The summed E-state index contributed by atoms with van der Waals surface area (Å²) in [4.78, 5) is 14.9. The number of carbonyl (C=O) groups is 1. The Balaban J connectivity index is 2.26. The molecule has 1 atom stereocenters. The first-order valence-electron chi connectivity index (χ1n) is 5.76. The molecule has 0 N–H and O–H groups in total. The van der Waals surface area contributed by atoms with E-state index < -0.39 is 5.82 Å². The van der Waals surface area contributed by atoms with Crippen LogP contribution in [-0.4, -0.2) is 17.9 Å². The van der Waals surface area contributed by atoms with E-state index in [0.29, 0.717) is 5.02 Å². The minimum atomic E-state index is -0.556. The first-order valence-corrected chi connectivity index (χ1v) is 7.02. The van der Waals surface area contributed by atoms with Crippen LogP contribution in [0.15, 0.2) is 35.7 Å². The second kappa shape index (κ2) is 5.72. The average molecular weight is 298 g/mol. The van der Waals surface area contributed by atoms with Gasteiger partial charge in [0, 0.05) is 16.9 Å². The van der Waals surface area contributed by atoms with Crippen molar-refractivity contribution in [1.82, 2.24) is 4.90 Å². The fourth-order valence-electron chi connectivity index (χ4n) is 1.75. The molecule has 0 saturated carbocycles. The molecule has 1 unspecified atom stereocenters. The highest BCUT2D eigenvalue weighted by atomic mass is 35.5. The second-order valence-electron chi connectivity index (χ2n) is 4.23. The number of rotatable bonds is 3. The van der Waals surface area contributed by atoms with Gasteiger partial charge in [0.25, 0.3) is 5.91 Å². The van der Waals surface area contributed by atoms with Crippen molar-refractivity contribution in [2.75, 3.05) is 7.05 Å². The lowest BCUT2D eigenvalue weighted by molar-refractivity contribution is 0.0740. The van der Waals surface area contributed by atoms with Gasteiger partial charge in [-0.05, 0) is 36.6 Å².